The van der Waals surface area contributed by atoms with Crippen LogP contribution >= 0.6 is 0 Å². The minimum Gasteiger partial charge on any atom is -0.337 e. The molecule has 2 aromatic carbocycles. The van der Waals surface area contributed by atoms with Gasteiger partial charge in [0.15, 0.2) is 0 Å². The van der Waals surface area contributed by atoms with Crippen molar-refractivity contribution in [2.45, 2.75) is 6.18 Å². The van der Waals surface area contributed by atoms with E-state index < -0.39 is 27.6 Å². The summed E-state index contributed by atoms with van der Waals surface area (Å²) in [5.41, 5.74) is 0.206. The SMILES string of the molecule is C=CS(=O)(=O)Nc1ccc(F)c(Nc2nc(Nc3cnn(C)c3)ncc2-c2ccc(C(F)(F)F)cc2)c1. The second kappa shape index (κ2) is 9.89. The fraction of sp³-hybridized carbons (Fsp3) is 0.0870. The van der Waals surface area contributed by atoms with Crippen LogP contribution in [-0.4, -0.2) is 28.2 Å². The van der Waals surface area contributed by atoms with Gasteiger partial charge in [-0.2, -0.15) is 23.3 Å². The zero-order chi connectivity index (χ0) is 26.8. The molecule has 0 aliphatic carbocycles. The lowest BCUT2D eigenvalue weighted by Gasteiger charge is -2.15. The van der Waals surface area contributed by atoms with Gasteiger partial charge in [0.25, 0.3) is 10.0 Å². The molecule has 4 rings (SSSR count). The first-order valence-electron chi connectivity index (χ1n) is 10.5. The zero-order valence-electron chi connectivity index (χ0n) is 19.1. The van der Waals surface area contributed by atoms with E-state index >= 15 is 0 Å². The smallest absolute Gasteiger partial charge is 0.337 e. The summed E-state index contributed by atoms with van der Waals surface area (Å²) in [4.78, 5) is 8.58. The third kappa shape index (κ3) is 6.22. The van der Waals surface area contributed by atoms with Crippen LogP contribution in [0.3, 0.4) is 0 Å². The quantitative estimate of drug-likeness (QED) is 0.260. The largest absolute Gasteiger partial charge is 0.416 e. The fourth-order valence-electron chi connectivity index (χ4n) is 3.22. The molecule has 0 saturated heterocycles. The van der Waals surface area contributed by atoms with Gasteiger partial charge in [-0.1, -0.05) is 18.7 Å². The summed E-state index contributed by atoms with van der Waals surface area (Å²) in [5.74, 6) is -0.598. The molecule has 4 aromatic rings. The molecule has 3 N–H and O–H groups in total. The minimum atomic E-state index is -4.52. The number of alkyl halides is 3. The Bertz CT molecular complexity index is 1550. The van der Waals surface area contributed by atoms with Crippen LogP contribution in [-0.2, 0) is 23.2 Å². The Hall–Kier alpha value is -4.46. The van der Waals surface area contributed by atoms with Crippen LogP contribution in [0.2, 0.25) is 0 Å². The van der Waals surface area contributed by atoms with Crippen molar-refractivity contribution in [1.29, 1.82) is 0 Å². The number of anilines is 5. The number of benzene rings is 2. The van der Waals surface area contributed by atoms with E-state index in [1.807, 2.05) is 0 Å². The first-order valence-corrected chi connectivity index (χ1v) is 12.0. The van der Waals surface area contributed by atoms with E-state index in [0.29, 0.717) is 16.7 Å². The van der Waals surface area contributed by atoms with Gasteiger partial charge in [-0.05, 0) is 35.9 Å². The third-order valence-electron chi connectivity index (χ3n) is 4.97. The number of hydrogen-bond donors (Lipinski definition) is 3. The molecule has 2 heterocycles. The van der Waals surface area contributed by atoms with Gasteiger partial charge >= 0.3 is 6.18 Å². The van der Waals surface area contributed by atoms with Crippen LogP contribution < -0.4 is 15.4 Å². The maximum atomic E-state index is 14.7. The van der Waals surface area contributed by atoms with Gasteiger partial charge in [-0.25, -0.2) is 17.8 Å². The third-order valence-corrected chi connectivity index (χ3v) is 5.93. The van der Waals surface area contributed by atoms with E-state index in [1.54, 1.807) is 17.9 Å². The Kier molecular flexibility index (Phi) is 6.85. The topological polar surface area (TPSA) is 114 Å². The number of sulfonamides is 1. The van der Waals surface area contributed by atoms with Crippen molar-refractivity contribution in [2.75, 3.05) is 15.4 Å². The maximum Gasteiger partial charge on any atom is 0.416 e. The average molecular weight is 534 g/mol. The van der Waals surface area contributed by atoms with E-state index in [1.165, 1.54) is 36.7 Å². The van der Waals surface area contributed by atoms with Gasteiger partial charge in [-0.15, -0.1) is 0 Å². The molecule has 0 unspecified atom stereocenters. The standard InChI is InChI=1S/C23H19F4N7O2S/c1-3-37(35,36)33-16-8-9-19(24)20(10-16)31-21-18(14-4-6-15(7-5-14)23(25,26)27)12-28-22(32-21)30-17-11-29-34(2)13-17/h3-13,33H,1H2,2H3,(H2,28,30,31,32). The second-order valence-electron chi connectivity index (χ2n) is 7.69. The number of hydrogen-bond acceptors (Lipinski definition) is 7. The van der Waals surface area contributed by atoms with E-state index in [4.69, 9.17) is 0 Å². The molecule has 0 amide bonds. The predicted molar refractivity (Wildman–Crippen MR) is 131 cm³/mol. The summed E-state index contributed by atoms with van der Waals surface area (Å²) in [6, 6.07) is 7.75. The summed E-state index contributed by atoms with van der Waals surface area (Å²) >= 11 is 0. The molecule has 37 heavy (non-hydrogen) atoms. The highest BCUT2D eigenvalue weighted by molar-refractivity contribution is 7.95. The number of aromatic nitrogens is 4. The molecule has 0 bridgehead atoms. The van der Waals surface area contributed by atoms with E-state index in [2.05, 4.69) is 37.0 Å². The Morgan fingerprint density at radius 2 is 1.76 bits per heavy atom. The second-order valence-corrected chi connectivity index (χ2v) is 9.32. The molecule has 0 spiro atoms. The number of rotatable bonds is 8. The van der Waals surface area contributed by atoms with Crippen molar-refractivity contribution < 1.29 is 26.0 Å². The van der Waals surface area contributed by atoms with Crippen LogP contribution in [0.15, 0.2) is 73.0 Å². The van der Waals surface area contributed by atoms with Gasteiger partial charge < -0.3 is 10.6 Å². The number of nitrogens with one attached hydrogen (secondary N) is 3. The molecule has 0 aliphatic heterocycles. The number of aryl methyl sites for hydroxylation is 1. The highest BCUT2D eigenvalue weighted by Crippen LogP contribution is 2.34. The highest BCUT2D eigenvalue weighted by atomic mass is 32.2. The van der Waals surface area contributed by atoms with Gasteiger partial charge in [0, 0.05) is 30.4 Å². The molecule has 2 aromatic heterocycles. The van der Waals surface area contributed by atoms with Crippen molar-refractivity contribution >= 4 is 38.9 Å². The Morgan fingerprint density at radius 1 is 1.03 bits per heavy atom. The van der Waals surface area contributed by atoms with E-state index in [-0.39, 0.29) is 28.7 Å². The lowest BCUT2D eigenvalue weighted by Crippen LogP contribution is -2.09. The molecule has 0 saturated carbocycles. The first kappa shape index (κ1) is 25.6. The lowest BCUT2D eigenvalue weighted by atomic mass is 10.1. The molecule has 0 radical (unpaired) electrons. The Labute approximate surface area is 208 Å². The molecule has 192 valence electrons. The van der Waals surface area contributed by atoms with Gasteiger partial charge in [-0.3, -0.25) is 9.40 Å². The van der Waals surface area contributed by atoms with Gasteiger partial charge in [0.2, 0.25) is 5.95 Å². The van der Waals surface area contributed by atoms with E-state index in [0.717, 1.165) is 18.2 Å². The van der Waals surface area contributed by atoms with Crippen LogP contribution in [0.1, 0.15) is 5.56 Å². The first-order chi connectivity index (χ1) is 17.4. The van der Waals surface area contributed by atoms with Crippen LogP contribution in [0.4, 0.5) is 46.4 Å². The number of halogens is 4. The zero-order valence-corrected chi connectivity index (χ0v) is 19.9. The molecular formula is C23H19F4N7O2S. The molecule has 0 atom stereocenters. The molecule has 9 nitrogen and oxygen atoms in total. The molecule has 14 heteroatoms. The summed E-state index contributed by atoms with van der Waals surface area (Å²) in [7, 11) is -2.14. The Morgan fingerprint density at radius 3 is 2.38 bits per heavy atom. The van der Waals surface area contributed by atoms with Gasteiger partial charge in [0.05, 0.1) is 28.8 Å². The Balaban J connectivity index is 1.75. The van der Waals surface area contributed by atoms with Crippen molar-refractivity contribution in [3.05, 3.63) is 84.4 Å². The molecule has 0 aliphatic rings. The van der Waals surface area contributed by atoms with Crippen molar-refractivity contribution in [3.8, 4) is 11.1 Å². The number of nitrogens with zero attached hydrogens (tertiary/aromatic N) is 4. The summed E-state index contributed by atoms with van der Waals surface area (Å²) in [6.45, 7) is 3.21. The van der Waals surface area contributed by atoms with Crippen LogP contribution in [0.25, 0.3) is 11.1 Å². The summed E-state index contributed by atoms with van der Waals surface area (Å²) in [5, 5.41) is 10.5. The van der Waals surface area contributed by atoms with Gasteiger partial charge in [0.1, 0.15) is 11.6 Å². The maximum absolute atomic E-state index is 14.7. The van der Waals surface area contributed by atoms with Crippen molar-refractivity contribution in [2.24, 2.45) is 7.05 Å². The van der Waals surface area contributed by atoms with Crippen molar-refractivity contribution in [3.63, 3.8) is 0 Å². The van der Waals surface area contributed by atoms with Crippen LogP contribution in [0, 0.1) is 5.82 Å². The minimum absolute atomic E-state index is 0.0441. The van der Waals surface area contributed by atoms with E-state index in [9.17, 15) is 26.0 Å². The van der Waals surface area contributed by atoms with Crippen molar-refractivity contribution in [1.82, 2.24) is 19.7 Å². The summed E-state index contributed by atoms with van der Waals surface area (Å²) in [6.07, 6.45) is 0.0267. The van der Waals surface area contributed by atoms with Crippen LogP contribution in [0.5, 0.6) is 0 Å². The summed E-state index contributed by atoms with van der Waals surface area (Å²) < 4.78 is 81.2. The highest BCUT2D eigenvalue weighted by Gasteiger charge is 2.30. The molecule has 0 fully saturated rings. The fourth-order valence-corrected chi connectivity index (χ4v) is 3.76. The average Bonchev–Trinajstić information content (AvgIpc) is 3.25. The monoisotopic (exact) mass is 533 g/mol. The molecular weight excluding hydrogens is 514 g/mol. The lowest BCUT2D eigenvalue weighted by molar-refractivity contribution is -0.137. The predicted octanol–water partition coefficient (Wildman–Crippen LogP) is 5.41. The normalized spacial score (nSPS) is 11.7.